The molecule has 0 saturated carbocycles. The molecule has 0 aliphatic rings. The van der Waals surface area contributed by atoms with E-state index in [1.54, 1.807) is 0 Å². The molecule has 0 aliphatic carbocycles. The second kappa shape index (κ2) is 4.92. The summed E-state index contributed by atoms with van der Waals surface area (Å²) in [4.78, 5) is 10.9. The number of alkyl halides is 2. The summed E-state index contributed by atoms with van der Waals surface area (Å²) in [6.07, 6.45) is -0.778. The number of halogens is 2. The average Bonchev–Trinajstić information content (AvgIpc) is 2.17. The molecule has 88 valence electrons. The van der Waals surface area contributed by atoms with Gasteiger partial charge in [0.15, 0.2) is 0 Å². The van der Waals surface area contributed by atoms with Crippen LogP contribution < -0.4 is 0 Å². The van der Waals surface area contributed by atoms with E-state index in [-0.39, 0.29) is 17.9 Å². The van der Waals surface area contributed by atoms with Crippen LogP contribution in [0.25, 0.3) is 0 Å². The van der Waals surface area contributed by atoms with Crippen LogP contribution >= 0.6 is 0 Å². The minimum absolute atomic E-state index is 0.0888. The van der Waals surface area contributed by atoms with Gasteiger partial charge < -0.3 is 9.84 Å². The molecule has 1 N–H and O–H groups in total. The van der Waals surface area contributed by atoms with Crippen molar-refractivity contribution in [2.24, 2.45) is 0 Å². The number of phenolic OH excluding ortho intramolecular Hbond substituents is 1. The molecule has 5 heteroatoms. The van der Waals surface area contributed by atoms with Crippen molar-refractivity contribution in [1.82, 2.24) is 0 Å². The quantitative estimate of drug-likeness (QED) is 0.806. The molecule has 3 nitrogen and oxygen atoms in total. The number of ether oxygens (including phenoxy) is 1. The second-order valence-corrected chi connectivity index (χ2v) is 3.27. The summed E-state index contributed by atoms with van der Waals surface area (Å²) in [5, 5.41) is 9.09. The molecule has 0 aliphatic heterocycles. The molecule has 0 radical (unpaired) electrons. The van der Waals surface area contributed by atoms with E-state index in [9.17, 15) is 13.6 Å². The van der Waals surface area contributed by atoms with Crippen molar-refractivity contribution in [3.8, 4) is 5.75 Å². The first-order valence-electron chi connectivity index (χ1n) is 4.78. The van der Waals surface area contributed by atoms with Gasteiger partial charge in [0.1, 0.15) is 5.75 Å². The number of benzene rings is 1. The molecule has 0 spiro atoms. The maximum atomic E-state index is 13.3. The molecule has 0 atom stereocenters. The molecule has 0 amide bonds. The van der Waals surface area contributed by atoms with Crippen molar-refractivity contribution >= 4 is 5.97 Å². The third kappa shape index (κ3) is 3.18. The lowest BCUT2D eigenvalue weighted by molar-refractivity contribution is -0.171. The molecule has 0 fully saturated rings. The number of phenols is 1. The van der Waals surface area contributed by atoms with Gasteiger partial charge in [0.2, 0.25) is 0 Å². The highest BCUT2D eigenvalue weighted by Crippen LogP contribution is 2.23. The fourth-order valence-corrected chi connectivity index (χ4v) is 1.23. The molecule has 0 aromatic heterocycles. The van der Waals surface area contributed by atoms with Crippen molar-refractivity contribution in [3.05, 3.63) is 29.8 Å². The lowest BCUT2D eigenvalue weighted by Gasteiger charge is -2.14. The Bertz CT molecular complexity index is 377. The normalized spacial score (nSPS) is 11.2. The number of aromatic hydroxyl groups is 1. The van der Waals surface area contributed by atoms with Crippen LogP contribution in [-0.4, -0.2) is 23.6 Å². The predicted molar refractivity (Wildman–Crippen MR) is 53.4 cm³/mol. The van der Waals surface area contributed by atoms with Gasteiger partial charge in [0.05, 0.1) is 6.61 Å². The van der Waals surface area contributed by atoms with Gasteiger partial charge in [-0.2, -0.15) is 8.78 Å². The van der Waals surface area contributed by atoms with Gasteiger partial charge in [-0.1, -0.05) is 12.1 Å². The van der Waals surface area contributed by atoms with Crippen molar-refractivity contribution in [2.75, 3.05) is 6.61 Å². The van der Waals surface area contributed by atoms with Gasteiger partial charge in [-0.15, -0.1) is 0 Å². The van der Waals surface area contributed by atoms with Crippen LogP contribution in [0.5, 0.6) is 5.75 Å². The largest absolute Gasteiger partial charge is 0.508 e. The van der Waals surface area contributed by atoms with Gasteiger partial charge in [0.25, 0.3) is 0 Å². The summed E-state index contributed by atoms with van der Waals surface area (Å²) >= 11 is 0. The van der Waals surface area contributed by atoms with E-state index in [1.807, 2.05) is 0 Å². The SMILES string of the molecule is CCOC(=O)C(F)(F)Cc1cccc(O)c1. The summed E-state index contributed by atoms with van der Waals surface area (Å²) in [6, 6.07) is 5.40. The van der Waals surface area contributed by atoms with Crippen molar-refractivity contribution in [3.63, 3.8) is 0 Å². The minimum atomic E-state index is -3.57. The molecule has 0 heterocycles. The first-order chi connectivity index (χ1) is 7.45. The Morgan fingerprint density at radius 1 is 1.50 bits per heavy atom. The summed E-state index contributed by atoms with van der Waals surface area (Å²) in [5.41, 5.74) is 0.179. The van der Waals surface area contributed by atoms with E-state index < -0.39 is 18.3 Å². The topological polar surface area (TPSA) is 46.5 Å². The minimum Gasteiger partial charge on any atom is -0.508 e. The molecule has 0 saturated heterocycles. The van der Waals surface area contributed by atoms with Crippen molar-refractivity contribution < 1.29 is 23.4 Å². The average molecular weight is 230 g/mol. The molecule has 1 rings (SSSR count). The smallest absolute Gasteiger partial charge is 0.377 e. The summed E-state index contributed by atoms with van der Waals surface area (Å²) in [6.45, 7) is 1.37. The van der Waals surface area contributed by atoms with E-state index in [2.05, 4.69) is 4.74 Å². The van der Waals surface area contributed by atoms with Crippen LogP contribution in [0, 0.1) is 0 Å². The third-order valence-electron chi connectivity index (χ3n) is 1.91. The highest BCUT2D eigenvalue weighted by Gasteiger charge is 2.40. The van der Waals surface area contributed by atoms with Crippen LogP contribution in [0.4, 0.5) is 8.78 Å². The molecular formula is C11H12F2O3. The maximum absolute atomic E-state index is 13.3. The number of carbonyl (C=O) groups excluding carboxylic acids is 1. The Labute approximate surface area is 91.7 Å². The molecule has 1 aromatic carbocycles. The van der Waals surface area contributed by atoms with E-state index >= 15 is 0 Å². The molecule has 0 unspecified atom stereocenters. The van der Waals surface area contributed by atoms with Crippen molar-refractivity contribution in [1.29, 1.82) is 0 Å². The zero-order valence-corrected chi connectivity index (χ0v) is 8.74. The Morgan fingerprint density at radius 3 is 2.75 bits per heavy atom. The third-order valence-corrected chi connectivity index (χ3v) is 1.91. The van der Waals surface area contributed by atoms with Crippen LogP contribution in [0.15, 0.2) is 24.3 Å². The van der Waals surface area contributed by atoms with Crippen LogP contribution in [0.2, 0.25) is 0 Å². The molecule has 0 bridgehead atoms. The molecular weight excluding hydrogens is 218 g/mol. The second-order valence-electron chi connectivity index (χ2n) is 3.27. The first kappa shape index (κ1) is 12.4. The number of esters is 1. The van der Waals surface area contributed by atoms with Gasteiger partial charge in [0, 0.05) is 6.42 Å². The van der Waals surface area contributed by atoms with Crippen molar-refractivity contribution in [2.45, 2.75) is 19.3 Å². The fraction of sp³-hybridized carbons (Fsp3) is 0.364. The molecule has 1 aromatic rings. The van der Waals surface area contributed by atoms with Gasteiger partial charge in [-0.05, 0) is 24.6 Å². The Balaban J connectivity index is 2.75. The first-order valence-corrected chi connectivity index (χ1v) is 4.78. The predicted octanol–water partition coefficient (Wildman–Crippen LogP) is 2.13. The highest BCUT2D eigenvalue weighted by molar-refractivity contribution is 5.77. The lowest BCUT2D eigenvalue weighted by atomic mass is 10.1. The number of hydrogen-bond acceptors (Lipinski definition) is 3. The number of rotatable bonds is 4. The van der Waals surface area contributed by atoms with Gasteiger partial charge in [-0.25, -0.2) is 4.79 Å². The van der Waals surface area contributed by atoms with E-state index in [0.29, 0.717) is 0 Å². The van der Waals surface area contributed by atoms with E-state index in [1.165, 1.54) is 31.2 Å². The molecule has 16 heavy (non-hydrogen) atoms. The summed E-state index contributed by atoms with van der Waals surface area (Å²) in [5.74, 6) is -5.22. The van der Waals surface area contributed by atoms with E-state index in [0.717, 1.165) is 0 Å². The van der Waals surface area contributed by atoms with Gasteiger partial charge in [-0.3, -0.25) is 0 Å². The Kier molecular flexibility index (Phi) is 3.82. The van der Waals surface area contributed by atoms with Crippen LogP contribution in [-0.2, 0) is 16.0 Å². The van der Waals surface area contributed by atoms with Crippen LogP contribution in [0.3, 0.4) is 0 Å². The summed E-state index contributed by atoms with van der Waals surface area (Å²) < 4.78 is 30.8. The fourth-order valence-electron chi connectivity index (χ4n) is 1.23. The Morgan fingerprint density at radius 2 is 2.19 bits per heavy atom. The summed E-state index contributed by atoms with van der Waals surface area (Å²) in [7, 11) is 0. The van der Waals surface area contributed by atoms with Crippen LogP contribution in [0.1, 0.15) is 12.5 Å². The standard InChI is InChI=1S/C11H12F2O3/c1-2-16-10(15)11(12,13)7-8-4-3-5-9(14)6-8/h3-6,14H,2,7H2,1H3. The monoisotopic (exact) mass is 230 g/mol. The van der Waals surface area contributed by atoms with E-state index in [4.69, 9.17) is 5.11 Å². The lowest BCUT2D eigenvalue weighted by Crippen LogP contribution is -2.33. The Hall–Kier alpha value is -1.65. The number of hydrogen-bond donors (Lipinski definition) is 1. The zero-order valence-electron chi connectivity index (χ0n) is 8.74. The zero-order chi connectivity index (χ0) is 12.2. The number of carbonyl (C=O) groups is 1. The highest BCUT2D eigenvalue weighted by atomic mass is 19.3. The maximum Gasteiger partial charge on any atom is 0.377 e. The van der Waals surface area contributed by atoms with Gasteiger partial charge >= 0.3 is 11.9 Å².